The summed E-state index contributed by atoms with van der Waals surface area (Å²) in [4.78, 5) is 38.1. The van der Waals surface area contributed by atoms with Crippen LogP contribution in [0.3, 0.4) is 0 Å². The van der Waals surface area contributed by atoms with Crippen LogP contribution in [0.2, 0.25) is 0 Å². The minimum absolute atomic E-state index is 0.0273. The molecule has 0 fully saturated rings. The molecule has 0 aliphatic heterocycles. The van der Waals surface area contributed by atoms with Crippen molar-refractivity contribution in [2.45, 2.75) is 53.1 Å². The number of ether oxygens (including phenoxy) is 1. The maximum Gasteiger partial charge on any atom is 0.306 e. The SMILES string of the molecule is CC(C)=CCC(C)(OC(=O)CC(C)C)C1=CC(=O)c2c(O)ccc(O)c2C1=O. The summed E-state index contributed by atoms with van der Waals surface area (Å²) in [6.07, 6.45) is 3.27. The molecule has 1 aliphatic rings. The van der Waals surface area contributed by atoms with Crippen LogP contribution < -0.4 is 0 Å². The number of fused-ring (bicyclic) bond motifs is 1. The van der Waals surface area contributed by atoms with E-state index in [9.17, 15) is 24.6 Å². The molecule has 150 valence electrons. The number of Topliss-reactive ketones (excluding diaryl/α,β-unsaturated/α-hetero) is 1. The minimum atomic E-state index is -1.38. The van der Waals surface area contributed by atoms with Gasteiger partial charge in [0.25, 0.3) is 0 Å². The molecule has 1 aromatic carbocycles. The van der Waals surface area contributed by atoms with Gasteiger partial charge in [-0.05, 0) is 44.9 Å². The third-order valence-corrected chi connectivity index (χ3v) is 4.54. The van der Waals surface area contributed by atoms with Crippen molar-refractivity contribution in [2.75, 3.05) is 0 Å². The Kier molecular flexibility index (Phi) is 6.12. The van der Waals surface area contributed by atoms with Crippen LogP contribution in [0.25, 0.3) is 0 Å². The van der Waals surface area contributed by atoms with Crippen LogP contribution in [-0.4, -0.2) is 33.3 Å². The number of ketones is 2. The van der Waals surface area contributed by atoms with Gasteiger partial charge in [-0.15, -0.1) is 0 Å². The van der Waals surface area contributed by atoms with Crippen molar-refractivity contribution >= 4 is 17.5 Å². The molecule has 1 unspecified atom stereocenters. The van der Waals surface area contributed by atoms with Gasteiger partial charge in [0.2, 0.25) is 0 Å². The van der Waals surface area contributed by atoms with E-state index >= 15 is 0 Å². The molecule has 0 saturated carbocycles. The largest absolute Gasteiger partial charge is 0.507 e. The quantitative estimate of drug-likeness (QED) is 0.433. The second-order valence-electron chi connectivity index (χ2n) is 7.89. The lowest BCUT2D eigenvalue weighted by atomic mass is 9.79. The number of aromatic hydroxyl groups is 2. The molecule has 0 aromatic heterocycles. The van der Waals surface area contributed by atoms with Crippen LogP contribution >= 0.6 is 0 Å². The zero-order chi connectivity index (χ0) is 21.2. The third-order valence-electron chi connectivity index (χ3n) is 4.54. The summed E-state index contributed by atoms with van der Waals surface area (Å²) in [6, 6.07) is 2.31. The van der Waals surface area contributed by atoms with Gasteiger partial charge < -0.3 is 14.9 Å². The van der Waals surface area contributed by atoms with E-state index in [1.807, 2.05) is 33.8 Å². The second kappa shape index (κ2) is 8.00. The number of benzene rings is 1. The molecule has 0 saturated heterocycles. The number of allylic oxidation sites excluding steroid dienone is 2. The van der Waals surface area contributed by atoms with Crippen LogP contribution in [0.4, 0.5) is 0 Å². The number of esters is 1. The number of phenolic OH excluding ortho intramolecular Hbond substituents is 2. The molecule has 6 nitrogen and oxygen atoms in total. The van der Waals surface area contributed by atoms with Gasteiger partial charge in [-0.25, -0.2) is 0 Å². The molecule has 28 heavy (non-hydrogen) atoms. The van der Waals surface area contributed by atoms with Crippen LogP contribution in [0.15, 0.2) is 35.4 Å². The van der Waals surface area contributed by atoms with E-state index in [-0.39, 0.29) is 41.2 Å². The maximum absolute atomic E-state index is 13.1. The summed E-state index contributed by atoms with van der Waals surface area (Å²) < 4.78 is 5.67. The molecule has 0 bridgehead atoms. The number of carbonyl (C=O) groups excluding carboxylic acids is 3. The Labute approximate surface area is 164 Å². The van der Waals surface area contributed by atoms with Gasteiger partial charge in [-0.2, -0.15) is 0 Å². The first-order chi connectivity index (χ1) is 13.0. The zero-order valence-corrected chi connectivity index (χ0v) is 16.8. The lowest BCUT2D eigenvalue weighted by Crippen LogP contribution is -2.39. The second-order valence-corrected chi connectivity index (χ2v) is 7.89. The molecule has 2 rings (SSSR count). The van der Waals surface area contributed by atoms with E-state index < -0.39 is 28.9 Å². The fraction of sp³-hybridized carbons (Fsp3) is 0.409. The monoisotopic (exact) mass is 386 g/mol. The zero-order valence-electron chi connectivity index (χ0n) is 16.8. The van der Waals surface area contributed by atoms with E-state index in [4.69, 9.17) is 4.74 Å². The van der Waals surface area contributed by atoms with Gasteiger partial charge in [0, 0.05) is 18.4 Å². The highest BCUT2D eigenvalue weighted by atomic mass is 16.6. The Morgan fingerprint density at radius 2 is 1.71 bits per heavy atom. The first kappa shape index (κ1) is 21.4. The number of hydrogen-bond acceptors (Lipinski definition) is 6. The fourth-order valence-corrected chi connectivity index (χ4v) is 3.09. The Bertz CT molecular complexity index is 887. The minimum Gasteiger partial charge on any atom is -0.507 e. The Morgan fingerprint density at radius 1 is 1.14 bits per heavy atom. The molecular formula is C22H26O6. The summed E-state index contributed by atoms with van der Waals surface area (Å²) >= 11 is 0. The van der Waals surface area contributed by atoms with Crippen LogP contribution in [0, 0.1) is 5.92 Å². The van der Waals surface area contributed by atoms with Gasteiger partial charge in [0.15, 0.2) is 11.6 Å². The molecule has 0 heterocycles. The summed E-state index contributed by atoms with van der Waals surface area (Å²) in [5.74, 6) is -2.48. The van der Waals surface area contributed by atoms with Crippen molar-refractivity contribution in [1.29, 1.82) is 0 Å². The van der Waals surface area contributed by atoms with E-state index in [1.54, 1.807) is 6.92 Å². The number of phenols is 2. The van der Waals surface area contributed by atoms with Crippen molar-refractivity contribution in [3.8, 4) is 11.5 Å². The van der Waals surface area contributed by atoms with Crippen molar-refractivity contribution in [3.63, 3.8) is 0 Å². The van der Waals surface area contributed by atoms with E-state index in [0.717, 1.165) is 23.8 Å². The topological polar surface area (TPSA) is 101 Å². The lowest BCUT2D eigenvalue weighted by Gasteiger charge is -2.33. The number of hydrogen-bond donors (Lipinski definition) is 2. The average Bonchev–Trinajstić information content (AvgIpc) is 2.57. The van der Waals surface area contributed by atoms with Crippen molar-refractivity contribution in [1.82, 2.24) is 0 Å². The Morgan fingerprint density at radius 3 is 2.25 bits per heavy atom. The molecule has 0 radical (unpaired) electrons. The number of rotatable bonds is 6. The Balaban J connectivity index is 2.55. The summed E-state index contributed by atoms with van der Waals surface area (Å²) in [7, 11) is 0. The van der Waals surface area contributed by atoms with Crippen LogP contribution in [0.1, 0.15) is 68.2 Å². The highest BCUT2D eigenvalue weighted by molar-refractivity contribution is 6.27. The molecule has 2 N–H and O–H groups in total. The van der Waals surface area contributed by atoms with Crippen LogP contribution in [0.5, 0.6) is 11.5 Å². The van der Waals surface area contributed by atoms with Crippen molar-refractivity contribution in [3.05, 3.63) is 46.6 Å². The standard InChI is InChI=1S/C22H26O6/c1-12(2)8-9-22(5,28-18(26)10-13(3)4)14-11-17(25)19-15(23)6-7-16(24)20(19)21(14)27/h6-8,11,13,23-24H,9-10H2,1-5H3. The number of carbonyl (C=O) groups is 3. The molecule has 0 spiro atoms. The molecule has 6 heteroatoms. The normalized spacial score (nSPS) is 15.6. The molecule has 1 aromatic rings. The summed E-state index contributed by atoms with van der Waals surface area (Å²) in [5, 5.41) is 20.1. The van der Waals surface area contributed by atoms with Gasteiger partial charge in [-0.3, -0.25) is 14.4 Å². The summed E-state index contributed by atoms with van der Waals surface area (Å²) in [6.45, 7) is 9.07. The van der Waals surface area contributed by atoms with E-state index in [0.29, 0.717) is 0 Å². The predicted molar refractivity (Wildman–Crippen MR) is 105 cm³/mol. The average molecular weight is 386 g/mol. The van der Waals surface area contributed by atoms with E-state index in [1.165, 1.54) is 0 Å². The first-order valence-corrected chi connectivity index (χ1v) is 9.17. The third kappa shape index (κ3) is 4.32. The van der Waals surface area contributed by atoms with Gasteiger partial charge in [-0.1, -0.05) is 25.5 Å². The summed E-state index contributed by atoms with van der Waals surface area (Å²) in [5.41, 5.74) is -0.966. The van der Waals surface area contributed by atoms with Crippen LogP contribution in [-0.2, 0) is 9.53 Å². The van der Waals surface area contributed by atoms with Crippen molar-refractivity contribution < 1.29 is 29.3 Å². The lowest BCUT2D eigenvalue weighted by molar-refractivity contribution is -0.155. The van der Waals surface area contributed by atoms with Gasteiger partial charge in [0.1, 0.15) is 17.1 Å². The highest BCUT2D eigenvalue weighted by Gasteiger charge is 2.42. The van der Waals surface area contributed by atoms with E-state index in [2.05, 4.69) is 0 Å². The van der Waals surface area contributed by atoms with Gasteiger partial charge >= 0.3 is 5.97 Å². The Hall–Kier alpha value is -2.89. The molecule has 1 atom stereocenters. The molecule has 0 amide bonds. The molecular weight excluding hydrogens is 360 g/mol. The smallest absolute Gasteiger partial charge is 0.306 e. The predicted octanol–water partition coefficient (Wildman–Crippen LogP) is 4.11. The van der Waals surface area contributed by atoms with Crippen molar-refractivity contribution in [2.24, 2.45) is 5.92 Å². The highest BCUT2D eigenvalue weighted by Crippen LogP contribution is 2.39. The molecule has 1 aliphatic carbocycles. The van der Waals surface area contributed by atoms with Gasteiger partial charge in [0.05, 0.1) is 11.1 Å². The first-order valence-electron chi connectivity index (χ1n) is 9.17. The fourth-order valence-electron chi connectivity index (χ4n) is 3.09. The maximum atomic E-state index is 13.1.